The summed E-state index contributed by atoms with van der Waals surface area (Å²) in [7, 11) is 1.25. The Bertz CT molecular complexity index is 950. The van der Waals surface area contributed by atoms with Gasteiger partial charge in [0, 0.05) is 6.42 Å². The van der Waals surface area contributed by atoms with Crippen molar-refractivity contribution in [2.24, 2.45) is 5.92 Å². The van der Waals surface area contributed by atoms with Crippen LogP contribution in [-0.4, -0.2) is 49.6 Å². The van der Waals surface area contributed by atoms with Crippen molar-refractivity contribution in [1.82, 2.24) is 16.0 Å². The summed E-state index contributed by atoms with van der Waals surface area (Å²) in [6, 6.07) is 16.4. The minimum atomic E-state index is -0.969. The molecule has 2 aromatic carbocycles. The number of methoxy groups -OCH3 is 1. The van der Waals surface area contributed by atoms with Crippen LogP contribution in [0.5, 0.6) is 0 Å². The SMILES string of the molecule is COC(=O)C(NC(=O)[C@H](Cc1ccccc1)NC(=O)CNC(=O)OCc1ccccc1)C(C)C. The van der Waals surface area contributed by atoms with Crippen molar-refractivity contribution in [2.45, 2.75) is 39.0 Å². The van der Waals surface area contributed by atoms with Gasteiger partial charge in [-0.2, -0.15) is 0 Å². The number of hydrogen-bond donors (Lipinski definition) is 3. The molecule has 2 atom stereocenters. The number of carbonyl (C=O) groups excluding carboxylic acids is 4. The molecule has 0 aliphatic heterocycles. The topological polar surface area (TPSA) is 123 Å². The first-order chi connectivity index (χ1) is 16.3. The maximum absolute atomic E-state index is 13.0. The number of benzene rings is 2. The number of nitrogens with one attached hydrogen (secondary N) is 3. The first-order valence-corrected chi connectivity index (χ1v) is 11.0. The molecule has 0 heterocycles. The van der Waals surface area contributed by atoms with Gasteiger partial charge in [0.15, 0.2) is 0 Å². The van der Waals surface area contributed by atoms with Crippen molar-refractivity contribution < 1.29 is 28.7 Å². The number of ether oxygens (including phenoxy) is 2. The van der Waals surface area contributed by atoms with Crippen LogP contribution in [0.2, 0.25) is 0 Å². The zero-order chi connectivity index (χ0) is 24.9. The van der Waals surface area contributed by atoms with Crippen LogP contribution in [0.3, 0.4) is 0 Å². The standard InChI is InChI=1S/C25H31N3O6/c1-17(2)22(24(31)33-3)28-23(30)20(14-18-10-6-4-7-11-18)27-21(29)15-26-25(32)34-16-19-12-8-5-9-13-19/h4-13,17,20,22H,14-16H2,1-3H3,(H,26,32)(H,27,29)(H,28,30)/t20-,22?/m0/s1. The third kappa shape index (κ3) is 8.93. The van der Waals surface area contributed by atoms with E-state index < -0.39 is 36.0 Å². The maximum Gasteiger partial charge on any atom is 0.407 e. The smallest absolute Gasteiger partial charge is 0.407 e. The average molecular weight is 470 g/mol. The molecule has 0 saturated heterocycles. The number of amides is 3. The lowest BCUT2D eigenvalue weighted by molar-refractivity contribution is -0.146. The molecular formula is C25H31N3O6. The van der Waals surface area contributed by atoms with Gasteiger partial charge in [0.2, 0.25) is 11.8 Å². The van der Waals surface area contributed by atoms with Gasteiger partial charge >= 0.3 is 12.1 Å². The third-order valence-corrected chi connectivity index (χ3v) is 4.96. The molecule has 0 spiro atoms. The van der Waals surface area contributed by atoms with E-state index in [1.54, 1.807) is 13.8 Å². The highest BCUT2D eigenvalue weighted by atomic mass is 16.5. The fourth-order valence-electron chi connectivity index (χ4n) is 3.11. The summed E-state index contributed by atoms with van der Waals surface area (Å²) in [5.41, 5.74) is 1.63. The van der Waals surface area contributed by atoms with Crippen molar-refractivity contribution in [3.8, 4) is 0 Å². The molecule has 2 rings (SSSR count). The van der Waals surface area contributed by atoms with E-state index in [0.29, 0.717) is 0 Å². The predicted octanol–water partition coefficient (Wildman–Crippen LogP) is 1.95. The number of carbonyl (C=O) groups is 4. The van der Waals surface area contributed by atoms with E-state index >= 15 is 0 Å². The molecule has 1 unspecified atom stereocenters. The van der Waals surface area contributed by atoms with E-state index in [0.717, 1.165) is 11.1 Å². The van der Waals surface area contributed by atoms with Gasteiger partial charge in [-0.3, -0.25) is 9.59 Å². The van der Waals surface area contributed by atoms with E-state index in [9.17, 15) is 19.2 Å². The minimum Gasteiger partial charge on any atom is -0.467 e. The summed E-state index contributed by atoms with van der Waals surface area (Å²) in [4.78, 5) is 49.4. The summed E-state index contributed by atoms with van der Waals surface area (Å²) < 4.78 is 9.85. The summed E-state index contributed by atoms with van der Waals surface area (Å²) in [5, 5.41) is 7.65. The Hall–Kier alpha value is -3.88. The predicted molar refractivity (Wildman–Crippen MR) is 125 cm³/mol. The molecule has 0 radical (unpaired) electrons. The molecular weight excluding hydrogens is 438 g/mol. The van der Waals surface area contributed by atoms with Crippen molar-refractivity contribution >= 4 is 23.9 Å². The number of hydrogen-bond acceptors (Lipinski definition) is 6. The van der Waals surface area contributed by atoms with Crippen LogP contribution in [0.15, 0.2) is 60.7 Å². The molecule has 182 valence electrons. The van der Waals surface area contributed by atoms with Crippen LogP contribution in [0.1, 0.15) is 25.0 Å². The fraction of sp³-hybridized carbons (Fsp3) is 0.360. The molecule has 0 saturated carbocycles. The van der Waals surface area contributed by atoms with Crippen molar-refractivity contribution in [3.05, 3.63) is 71.8 Å². The van der Waals surface area contributed by atoms with Gasteiger partial charge in [-0.05, 0) is 17.0 Å². The Morgan fingerprint density at radius 3 is 2.00 bits per heavy atom. The second-order valence-corrected chi connectivity index (χ2v) is 7.98. The Labute approximate surface area is 199 Å². The minimum absolute atomic E-state index is 0.0669. The van der Waals surface area contributed by atoms with Gasteiger partial charge < -0.3 is 25.4 Å². The summed E-state index contributed by atoms with van der Waals surface area (Å²) in [6.07, 6.45) is -0.559. The Kier molecular flexibility index (Phi) is 10.6. The summed E-state index contributed by atoms with van der Waals surface area (Å²) in [5.74, 6) is -1.90. The van der Waals surface area contributed by atoms with Gasteiger partial charge in [0.05, 0.1) is 7.11 Å². The largest absolute Gasteiger partial charge is 0.467 e. The molecule has 9 nitrogen and oxygen atoms in total. The van der Waals surface area contributed by atoms with Gasteiger partial charge in [0.25, 0.3) is 0 Å². The lowest BCUT2D eigenvalue weighted by Gasteiger charge is -2.24. The molecule has 34 heavy (non-hydrogen) atoms. The number of esters is 1. The van der Waals surface area contributed by atoms with E-state index in [-0.39, 0.29) is 25.5 Å². The van der Waals surface area contributed by atoms with Crippen LogP contribution >= 0.6 is 0 Å². The highest BCUT2D eigenvalue weighted by molar-refractivity contribution is 5.92. The first kappa shape index (κ1) is 26.4. The molecule has 0 bridgehead atoms. The Balaban J connectivity index is 1.97. The fourth-order valence-corrected chi connectivity index (χ4v) is 3.11. The van der Waals surface area contributed by atoms with Crippen LogP contribution in [0.25, 0.3) is 0 Å². The second-order valence-electron chi connectivity index (χ2n) is 7.98. The average Bonchev–Trinajstić information content (AvgIpc) is 2.84. The van der Waals surface area contributed by atoms with Crippen molar-refractivity contribution in [1.29, 1.82) is 0 Å². The molecule has 9 heteroatoms. The van der Waals surface area contributed by atoms with Gasteiger partial charge in [-0.15, -0.1) is 0 Å². The summed E-state index contributed by atoms with van der Waals surface area (Å²) >= 11 is 0. The Morgan fingerprint density at radius 2 is 1.44 bits per heavy atom. The molecule has 2 aromatic rings. The van der Waals surface area contributed by atoms with Crippen LogP contribution in [0, 0.1) is 5.92 Å². The quantitative estimate of drug-likeness (QED) is 0.433. The third-order valence-electron chi connectivity index (χ3n) is 4.96. The monoisotopic (exact) mass is 469 g/mol. The number of rotatable bonds is 11. The lowest BCUT2D eigenvalue weighted by atomic mass is 10.0. The van der Waals surface area contributed by atoms with E-state index in [2.05, 4.69) is 16.0 Å². The molecule has 0 fully saturated rings. The molecule has 3 N–H and O–H groups in total. The van der Waals surface area contributed by atoms with Gasteiger partial charge in [-0.25, -0.2) is 9.59 Å². The first-order valence-electron chi connectivity index (χ1n) is 11.0. The Morgan fingerprint density at radius 1 is 0.853 bits per heavy atom. The highest BCUT2D eigenvalue weighted by Gasteiger charge is 2.29. The molecule has 0 aromatic heterocycles. The van der Waals surface area contributed by atoms with Gasteiger partial charge in [0.1, 0.15) is 25.2 Å². The van der Waals surface area contributed by atoms with Crippen LogP contribution in [0.4, 0.5) is 4.79 Å². The van der Waals surface area contributed by atoms with E-state index in [1.807, 2.05) is 60.7 Å². The number of alkyl carbamates (subject to hydrolysis) is 1. The normalized spacial score (nSPS) is 12.2. The van der Waals surface area contributed by atoms with Crippen LogP contribution in [-0.2, 0) is 36.9 Å². The van der Waals surface area contributed by atoms with E-state index in [4.69, 9.17) is 9.47 Å². The molecule has 0 aliphatic carbocycles. The van der Waals surface area contributed by atoms with Crippen molar-refractivity contribution in [3.63, 3.8) is 0 Å². The summed E-state index contributed by atoms with van der Waals surface area (Å²) in [6.45, 7) is 3.24. The zero-order valence-electron chi connectivity index (χ0n) is 19.6. The molecule has 3 amide bonds. The van der Waals surface area contributed by atoms with Crippen molar-refractivity contribution in [2.75, 3.05) is 13.7 Å². The highest BCUT2D eigenvalue weighted by Crippen LogP contribution is 2.07. The molecule has 0 aliphatic rings. The zero-order valence-corrected chi connectivity index (χ0v) is 19.6. The van der Waals surface area contributed by atoms with E-state index in [1.165, 1.54) is 7.11 Å². The van der Waals surface area contributed by atoms with Crippen LogP contribution < -0.4 is 16.0 Å². The maximum atomic E-state index is 13.0. The van der Waals surface area contributed by atoms with Gasteiger partial charge in [-0.1, -0.05) is 74.5 Å². The second kappa shape index (κ2) is 13.6. The lowest BCUT2D eigenvalue weighted by Crippen LogP contribution is -2.55.